The van der Waals surface area contributed by atoms with Crippen LogP contribution in [0.3, 0.4) is 0 Å². The maximum absolute atomic E-state index is 5.29. The van der Waals surface area contributed by atoms with Crippen molar-refractivity contribution in [2.75, 3.05) is 5.75 Å². The van der Waals surface area contributed by atoms with Crippen molar-refractivity contribution in [2.45, 2.75) is 182 Å². The van der Waals surface area contributed by atoms with Crippen LogP contribution in [0.4, 0.5) is 0 Å². The molecule has 1 N–H and O–H groups in total. The van der Waals surface area contributed by atoms with Gasteiger partial charge < -0.3 is 124 Å². The van der Waals surface area contributed by atoms with Gasteiger partial charge in [0.1, 0.15) is 4.32 Å². The Morgan fingerprint density at radius 1 is 0.293 bits per heavy atom. The Bertz CT molecular complexity index is 2740. The molecule has 0 aliphatic rings. The van der Waals surface area contributed by atoms with Crippen molar-refractivity contribution in [3.05, 3.63) is 287 Å². The van der Waals surface area contributed by atoms with E-state index in [1.54, 1.807) is 0 Å². The van der Waals surface area contributed by atoms with Gasteiger partial charge in [0.2, 0.25) is 0 Å². The Hall–Kier alpha value is -4.31. The Kier molecular flexibility index (Phi) is 54.2. The second-order valence-corrected chi connectivity index (χ2v) is 30.0. The van der Waals surface area contributed by atoms with E-state index in [0.717, 1.165) is 56.7 Å². The van der Waals surface area contributed by atoms with Gasteiger partial charge in [-0.3, -0.25) is 0 Å². The number of nitrogens with zero attached hydrogens (tertiary/aromatic N) is 4. The molecule has 8 aromatic carbocycles. The van der Waals surface area contributed by atoms with Crippen molar-refractivity contribution in [2.24, 2.45) is 0 Å². The standard InChI is InChI=1S/C22H45NS2.4C15H15NS2.2Zn/c1-4-5-6-7-8-9-10-11-12-13-14-15-16-17-18-19-20-25-22(24)23-21(2)3;4*17-15(18)16(11-13-7-3-1-4-8-13)12-14-9-5-2-6-10-14;;/h21H,4-20H2,1-3H3,(H,23,24);4*1-10H,11-12H2,(H,17,18);;/q;;;;;2*+2/p-4. The first-order valence-corrected chi connectivity index (χ1v) is 38.9. The number of thiocarbonyl (C=S) groups is 5. The van der Waals surface area contributed by atoms with Gasteiger partial charge in [0.15, 0.2) is 0 Å². The monoisotopic (exact) mass is 1600 g/mol. The normalized spacial score (nSPS) is 10.1. The minimum atomic E-state index is 0. The fourth-order valence-corrected chi connectivity index (χ4v) is 12.6. The fraction of sp³-hybridized carbons (Fsp3) is 0.354. The molecule has 0 atom stereocenters. The molecule has 8 rings (SSSR count). The third-order valence-electron chi connectivity index (χ3n) is 15.4. The summed E-state index contributed by atoms with van der Waals surface area (Å²) in [6, 6.07) is 82.5. The van der Waals surface area contributed by atoms with Crippen LogP contribution in [0.1, 0.15) is 168 Å². The van der Waals surface area contributed by atoms with Gasteiger partial charge in [-0.05, 0) is 64.8 Å². The number of nitrogens with one attached hydrogen (secondary N) is 1. The predicted molar refractivity (Wildman–Crippen MR) is 451 cm³/mol. The summed E-state index contributed by atoms with van der Waals surface area (Å²) < 4.78 is 3.03. The van der Waals surface area contributed by atoms with Crippen molar-refractivity contribution in [3.63, 3.8) is 0 Å². The minimum absolute atomic E-state index is 0. The van der Waals surface area contributed by atoms with Gasteiger partial charge >= 0.3 is 39.0 Å². The molecule has 17 heteroatoms. The zero-order valence-corrected chi connectivity index (χ0v) is 72.7. The molecule has 518 valence electrons. The molecule has 0 amide bonds. The number of hydrogen-bond acceptors (Lipinski definition) is 10. The maximum Gasteiger partial charge on any atom is 2.00 e. The Morgan fingerprint density at radius 3 is 0.606 bits per heavy atom. The van der Waals surface area contributed by atoms with Gasteiger partial charge in [0.25, 0.3) is 0 Å². The third-order valence-corrected chi connectivity index (χ3v) is 18.8. The molecule has 0 aliphatic carbocycles. The number of thioether (sulfide) groups is 1. The molecule has 0 saturated heterocycles. The fourth-order valence-electron chi connectivity index (χ4n) is 10.3. The molecule has 99 heavy (non-hydrogen) atoms. The van der Waals surface area contributed by atoms with Crippen LogP contribution in [0.25, 0.3) is 0 Å². The van der Waals surface area contributed by atoms with E-state index in [1.807, 2.05) is 177 Å². The summed E-state index contributed by atoms with van der Waals surface area (Å²) in [7, 11) is 0. The zero-order valence-electron chi connectivity index (χ0n) is 58.6. The number of unbranched alkanes of at least 4 members (excludes halogenated alkanes) is 15. The minimum Gasteiger partial charge on any atom is -0.411 e. The van der Waals surface area contributed by atoms with Crippen molar-refractivity contribution in [1.29, 1.82) is 0 Å². The van der Waals surface area contributed by atoms with Gasteiger partial charge in [-0.2, -0.15) is 0 Å². The third kappa shape index (κ3) is 46.1. The predicted octanol–water partition coefficient (Wildman–Crippen LogP) is 22.3. The number of hydrogen-bond donors (Lipinski definition) is 1. The molecule has 0 bridgehead atoms. The quantitative estimate of drug-likeness (QED) is 0.0179. The molecule has 0 saturated carbocycles. The average Bonchev–Trinajstić information content (AvgIpc) is 0.988. The average molecular weight is 1610 g/mol. The molecule has 0 radical (unpaired) electrons. The first-order valence-electron chi connectivity index (χ1n) is 34.3. The Morgan fingerprint density at radius 2 is 0.455 bits per heavy atom. The van der Waals surface area contributed by atoms with Crippen LogP contribution in [-0.4, -0.2) is 53.0 Å². The topological polar surface area (TPSA) is 25.0 Å². The van der Waals surface area contributed by atoms with Gasteiger partial charge in [0.05, 0.1) is 0 Å². The van der Waals surface area contributed by atoms with Crippen LogP contribution in [0, 0.1) is 0 Å². The summed E-state index contributed by atoms with van der Waals surface area (Å²) in [6.45, 7) is 12.7. The molecule has 0 fully saturated rings. The molecule has 0 aliphatic heterocycles. The molecule has 0 heterocycles. The molecule has 0 aromatic heterocycles. The summed E-state index contributed by atoms with van der Waals surface area (Å²) in [4.78, 5) is 8.15. The Balaban J connectivity index is 0.000000421. The van der Waals surface area contributed by atoms with E-state index in [-0.39, 0.29) is 39.0 Å². The molecule has 0 spiro atoms. The molecular formula is C82H101N5S10Zn2. The summed E-state index contributed by atoms with van der Waals surface area (Å²) in [5, 5.41) is 3.29. The van der Waals surface area contributed by atoms with Crippen LogP contribution in [0.5, 0.6) is 0 Å². The molecule has 5 nitrogen and oxygen atoms in total. The summed E-state index contributed by atoms with van der Waals surface area (Å²) in [5.41, 5.74) is 9.78. The zero-order chi connectivity index (χ0) is 69.8. The maximum atomic E-state index is 5.29. The van der Waals surface area contributed by atoms with Crippen LogP contribution >= 0.6 is 72.9 Å². The van der Waals surface area contributed by atoms with Crippen molar-refractivity contribution < 1.29 is 39.0 Å². The van der Waals surface area contributed by atoms with Gasteiger partial charge in [-0.25, -0.2) is 0 Å². The van der Waals surface area contributed by atoms with Crippen LogP contribution in [0.15, 0.2) is 243 Å². The van der Waals surface area contributed by atoms with E-state index in [4.69, 9.17) is 112 Å². The van der Waals surface area contributed by atoms with E-state index in [1.165, 1.54) is 153 Å². The van der Waals surface area contributed by atoms with Crippen LogP contribution in [-0.2, 0) is 142 Å². The smallest absolute Gasteiger partial charge is 0.411 e. The number of benzene rings is 8. The Labute approximate surface area is 676 Å². The summed E-state index contributed by atoms with van der Waals surface area (Å²) in [6.07, 6.45) is 22.9. The van der Waals surface area contributed by atoms with E-state index >= 15 is 0 Å². The first kappa shape index (κ1) is 90.8. The second-order valence-electron chi connectivity index (χ2n) is 24.1. The molecule has 8 aromatic rings. The van der Waals surface area contributed by atoms with Crippen molar-refractivity contribution in [3.8, 4) is 0 Å². The molecule has 0 unspecified atom stereocenters. The van der Waals surface area contributed by atoms with E-state index in [2.05, 4.69) is 123 Å². The van der Waals surface area contributed by atoms with Gasteiger partial charge in [0, 0.05) is 64.2 Å². The summed E-state index contributed by atoms with van der Waals surface area (Å²) in [5.74, 6) is 1.18. The SMILES string of the molecule is CCCCCCCCCCCCCCCCCCSC(=S)NC(C)C.S=C([S-])N(Cc1ccccc1)Cc1ccccc1.S=C([S-])N(Cc1ccccc1)Cc1ccccc1.S=C([S-])N(Cc1ccccc1)Cc1ccccc1.S=C([S-])N(Cc1ccccc1)Cc1ccccc1.[Zn+2].[Zn+2]. The second kappa shape index (κ2) is 59.1. The summed E-state index contributed by atoms with van der Waals surface area (Å²) >= 11 is 48.4. The largest absolute Gasteiger partial charge is 2.00 e. The van der Waals surface area contributed by atoms with Gasteiger partial charge in [-0.15, -0.1) is 0 Å². The van der Waals surface area contributed by atoms with E-state index in [9.17, 15) is 0 Å². The van der Waals surface area contributed by atoms with Crippen LogP contribution < -0.4 is 5.32 Å². The first-order chi connectivity index (χ1) is 47.2. The number of rotatable bonds is 34. The van der Waals surface area contributed by atoms with E-state index in [0.29, 0.717) is 23.3 Å². The van der Waals surface area contributed by atoms with Gasteiger partial charge in [-0.1, -0.05) is 387 Å². The van der Waals surface area contributed by atoms with E-state index < -0.39 is 0 Å². The molecular weight excluding hydrogens is 1510 g/mol. The van der Waals surface area contributed by atoms with Crippen LogP contribution in [0.2, 0.25) is 0 Å². The van der Waals surface area contributed by atoms with Crippen molar-refractivity contribution in [1.82, 2.24) is 24.9 Å². The van der Waals surface area contributed by atoms with Crippen molar-refractivity contribution >= 4 is 145 Å².